The van der Waals surface area contributed by atoms with Crippen molar-refractivity contribution < 1.29 is 19.4 Å². The molecule has 1 atom stereocenters. The molecule has 2 N–H and O–H groups in total. The van der Waals surface area contributed by atoms with Gasteiger partial charge in [0.05, 0.1) is 13.2 Å². The molecule has 0 spiro atoms. The molecule has 0 bridgehead atoms. The minimum atomic E-state index is -1.65. The number of alkyl carbamates (subject to hydrolysis) is 1. The van der Waals surface area contributed by atoms with Crippen molar-refractivity contribution >= 4 is 11.9 Å². The first-order chi connectivity index (χ1) is 6.44. The second kappa shape index (κ2) is 5.39. The first-order valence-corrected chi connectivity index (χ1v) is 4.03. The fourth-order valence-electron chi connectivity index (χ4n) is 0.695. The average Bonchev–Trinajstić information content (AvgIpc) is 2.14. The molecule has 0 saturated heterocycles. The highest BCUT2D eigenvalue weighted by Crippen LogP contribution is 2.03. The third kappa shape index (κ3) is 4.04. The standard InChI is InChI=1S/C9H14NO4/c1-4-7(11)9(3,13)6-10-8(12)14-5-2/h4,13H,1-2,5-6H2,3H3,(H,10,12). The predicted octanol–water partition coefficient (Wildman–Crippen LogP) is 0.0528. The molecular formula is C9H14NO4. The Morgan fingerprint density at radius 2 is 2.21 bits per heavy atom. The molecule has 0 aromatic carbocycles. The van der Waals surface area contributed by atoms with E-state index in [9.17, 15) is 14.7 Å². The van der Waals surface area contributed by atoms with Crippen LogP contribution in [0.5, 0.6) is 0 Å². The summed E-state index contributed by atoms with van der Waals surface area (Å²) in [5.41, 5.74) is -1.65. The lowest BCUT2D eigenvalue weighted by molar-refractivity contribution is -0.129. The molecule has 1 amide bonds. The first kappa shape index (κ1) is 12.6. The largest absolute Gasteiger partial charge is 0.450 e. The van der Waals surface area contributed by atoms with Gasteiger partial charge in [0, 0.05) is 0 Å². The number of nitrogens with one attached hydrogen (secondary N) is 1. The summed E-state index contributed by atoms with van der Waals surface area (Å²) in [5, 5.41) is 11.7. The van der Waals surface area contributed by atoms with Crippen molar-refractivity contribution in [1.29, 1.82) is 0 Å². The molecular weight excluding hydrogens is 186 g/mol. The van der Waals surface area contributed by atoms with Crippen LogP contribution in [0, 0.1) is 6.92 Å². The molecule has 5 heteroatoms. The normalized spacial score (nSPS) is 13.9. The predicted molar refractivity (Wildman–Crippen MR) is 50.5 cm³/mol. The number of rotatable bonds is 5. The molecule has 0 saturated carbocycles. The Labute approximate surface area is 82.7 Å². The van der Waals surface area contributed by atoms with Gasteiger partial charge in [-0.1, -0.05) is 6.58 Å². The van der Waals surface area contributed by atoms with Crippen LogP contribution in [0.2, 0.25) is 0 Å². The molecule has 0 aromatic heterocycles. The average molecular weight is 200 g/mol. The summed E-state index contributed by atoms with van der Waals surface area (Å²) in [6.07, 6.45) is 0.270. The Hall–Kier alpha value is -1.36. The van der Waals surface area contributed by atoms with Gasteiger partial charge in [-0.2, -0.15) is 0 Å². The summed E-state index contributed by atoms with van der Waals surface area (Å²) in [6.45, 7) is 7.56. The number of hydrogen-bond donors (Lipinski definition) is 2. The molecule has 1 unspecified atom stereocenters. The van der Waals surface area contributed by atoms with E-state index in [2.05, 4.69) is 23.6 Å². The zero-order valence-electron chi connectivity index (χ0n) is 8.08. The van der Waals surface area contributed by atoms with Gasteiger partial charge in [0.15, 0.2) is 5.78 Å². The van der Waals surface area contributed by atoms with Crippen molar-refractivity contribution in [2.24, 2.45) is 0 Å². The fourth-order valence-corrected chi connectivity index (χ4v) is 0.695. The van der Waals surface area contributed by atoms with Crippen LogP contribution in [0.3, 0.4) is 0 Å². The van der Waals surface area contributed by atoms with Crippen molar-refractivity contribution in [1.82, 2.24) is 5.32 Å². The highest BCUT2D eigenvalue weighted by atomic mass is 16.5. The molecule has 0 rings (SSSR count). The van der Waals surface area contributed by atoms with Crippen LogP contribution in [0.1, 0.15) is 6.92 Å². The van der Waals surface area contributed by atoms with Gasteiger partial charge in [-0.15, -0.1) is 0 Å². The summed E-state index contributed by atoms with van der Waals surface area (Å²) in [7, 11) is 0. The molecule has 0 fully saturated rings. The van der Waals surface area contributed by atoms with Gasteiger partial charge < -0.3 is 15.2 Å². The van der Waals surface area contributed by atoms with Crippen LogP contribution in [-0.4, -0.2) is 35.7 Å². The number of aliphatic hydroxyl groups is 1. The second-order valence-corrected chi connectivity index (χ2v) is 2.83. The van der Waals surface area contributed by atoms with E-state index in [1.54, 1.807) is 0 Å². The quantitative estimate of drug-likeness (QED) is 0.615. The second-order valence-electron chi connectivity index (χ2n) is 2.83. The zero-order valence-corrected chi connectivity index (χ0v) is 8.08. The van der Waals surface area contributed by atoms with E-state index >= 15 is 0 Å². The maximum atomic E-state index is 11.0. The van der Waals surface area contributed by atoms with E-state index in [1.165, 1.54) is 6.92 Å². The molecule has 0 aliphatic heterocycles. The number of carbonyl (C=O) groups excluding carboxylic acids is 2. The summed E-state index contributed by atoms with van der Waals surface area (Å²) in [6, 6.07) is 0. The van der Waals surface area contributed by atoms with Crippen molar-refractivity contribution in [3.63, 3.8) is 0 Å². The lowest BCUT2D eigenvalue weighted by atomic mass is 10.0. The van der Waals surface area contributed by atoms with E-state index in [4.69, 9.17) is 0 Å². The maximum Gasteiger partial charge on any atom is 0.407 e. The molecule has 0 aliphatic carbocycles. The van der Waals surface area contributed by atoms with E-state index in [1.807, 2.05) is 0 Å². The van der Waals surface area contributed by atoms with Crippen molar-refractivity contribution in [3.05, 3.63) is 19.6 Å². The summed E-state index contributed by atoms with van der Waals surface area (Å²) < 4.78 is 4.44. The summed E-state index contributed by atoms with van der Waals surface area (Å²) >= 11 is 0. The third-order valence-corrected chi connectivity index (χ3v) is 1.53. The molecule has 0 aliphatic rings. The lowest BCUT2D eigenvalue weighted by Gasteiger charge is -2.19. The lowest BCUT2D eigenvalue weighted by Crippen LogP contribution is -2.46. The Balaban J connectivity index is 4.05. The molecule has 79 valence electrons. The number of carbonyl (C=O) groups is 2. The number of ether oxygens (including phenoxy) is 1. The molecule has 0 aromatic rings. The molecule has 1 radical (unpaired) electrons. The number of ketones is 1. The minimum Gasteiger partial charge on any atom is -0.450 e. The third-order valence-electron chi connectivity index (χ3n) is 1.53. The van der Waals surface area contributed by atoms with E-state index in [0.717, 1.165) is 6.08 Å². The fraction of sp³-hybridized carbons (Fsp3) is 0.444. The van der Waals surface area contributed by atoms with E-state index < -0.39 is 17.5 Å². The van der Waals surface area contributed by atoms with Gasteiger partial charge in [-0.05, 0) is 19.9 Å². The smallest absolute Gasteiger partial charge is 0.407 e. The summed E-state index contributed by atoms with van der Waals surface area (Å²) in [5.74, 6) is -0.563. The van der Waals surface area contributed by atoms with Crippen molar-refractivity contribution in [2.75, 3.05) is 13.2 Å². The van der Waals surface area contributed by atoms with E-state index in [0.29, 0.717) is 0 Å². The summed E-state index contributed by atoms with van der Waals surface area (Å²) in [4.78, 5) is 21.8. The van der Waals surface area contributed by atoms with Crippen LogP contribution < -0.4 is 5.32 Å². The van der Waals surface area contributed by atoms with E-state index in [-0.39, 0.29) is 13.2 Å². The van der Waals surface area contributed by atoms with Gasteiger partial charge in [-0.25, -0.2) is 4.79 Å². The van der Waals surface area contributed by atoms with Gasteiger partial charge in [-0.3, -0.25) is 4.79 Å². The minimum absolute atomic E-state index is 0.0105. The number of hydrogen-bond acceptors (Lipinski definition) is 4. The topological polar surface area (TPSA) is 75.6 Å². The molecule has 0 heterocycles. The Kier molecular flexibility index (Phi) is 4.86. The van der Waals surface area contributed by atoms with Crippen LogP contribution >= 0.6 is 0 Å². The van der Waals surface area contributed by atoms with Crippen LogP contribution in [0.4, 0.5) is 4.79 Å². The van der Waals surface area contributed by atoms with Crippen molar-refractivity contribution in [2.45, 2.75) is 12.5 Å². The van der Waals surface area contributed by atoms with Crippen molar-refractivity contribution in [3.8, 4) is 0 Å². The zero-order chi connectivity index (χ0) is 11.2. The SMILES string of the molecule is [CH2]COC(=O)NCC(C)(O)C(=O)C=C. The van der Waals surface area contributed by atoms with Gasteiger partial charge >= 0.3 is 6.09 Å². The van der Waals surface area contributed by atoms with Crippen LogP contribution in [0.25, 0.3) is 0 Å². The highest BCUT2D eigenvalue weighted by Gasteiger charge is 2.28. The molecule has 5 nitrogen and oxygen atoms in total. The number of amides is 1. The van der Waals surface area contributed by atoms with Crippen LogP contribution in [-0.2, 0) is 9.53 Å². The van der Waals surface area contributed by atoms with Crippen LogP contribution in [0.15, 0.2) is 12.7 Å². The Bertz CT molecular complexity index is 235. The molecule has 14 heavy (non-hydrogen) atoms. The Morgan fingerprint density at radius 1 is 1.64 bits per heavy atom. The van der Waals surface area contributed by atoms with Gasteiger partial charge in [0.25, 0.3) is 0 Å². The highest BCUT2D eigenvalue weighted by molar-refractivity contribution is 5.96. The first-order valence-electron chi connectivity index (χ1n) is 4.03. The monoisotopic (exact) mass is 200 g/mol. The maximum absolute atomic E-state index is 11.0. The Morgan fingerprint density at radius 3 is 2.64 bits per heavy atom. The van der Waals surface area contributed by atoms with Gasteiger partial charge in [0.2, 0.25) is 0 Å². The van der Waals surface area contributed by atoms with Gasteiger partial charge in [0.1, 0.15) is 5.60 Å².